The lowest BCUT2D eigenvalue weighted by molar-refractivity contribution is -0.141. The molecule has 1 aromatic heterocycles. The molecule has 0 unspecified atom stereocenters. The van der Waals surface area contributed by atoms with Gasteiger partial charge in [0.1, 0.15) is 0 Å². The molecule has 0 saturated heterocycles. The highest BCUT2D eigenvalue weighted by molar-refractivity contribution is 5.90. The number of alkyl halides is 3. The quantitative estimate of drug-likeness (QED) is 0.767. The average Bonchev–Trinajstić information content (AvgIpc) is 2.85. The Bertz CT molecular complexity index is 581. The van der Waals surface area contributed by atoms with Gasteiger partial charge in [0.15, 0.2) is 5.69 Å². The van der Waals surface area contributed by atoms with Crippen LogP contribution in [-0.4, -0.2) is 46.1 Å². The molecule has 23 heavy (non-hydrogen) atoms. The first-order chi connectivity index (χ1) is 10.7. The van der Waals surface area contributed by atoms with Gasteiger partial charge >= 0.3 is 6.18 Å². The molecule has 2 amide bonds. The first-order valence-corrected chi connectivity index (χ1v) is 6.98. The van der Waals surface area contributed by atoms with Gasteiger partial charge < -0.3 is 10.2 Å². The van der Waals surface area contributed by atoms with Gasteiger partial charge in [0.25, 0.3) is 0 Å². The molecule has 0 aliphatic carbocycles. The normalized spacial score (nSPS) is 11.2. The fraction of sp³-hybridized carbons (Fsp3) is 0.500. The maximum Gasteiger partial charge on any atom is 0.435 e. The number of halogens is 3. The zero-order valence-electron chi connectivity index (χ0n) is 13.0. The molecule has 0 bridgehead atoms. The highest BCUT2D eigenvalue weighted by Gasteiger charge is 2.34. The van der Waals surface area contributed by atoms with E-state index in [1.807, 2.05) is 0 Å². The fourth-order valence-electron chi connectivity index (χ4n) is 1.88. The van der Waals surface area contributed by atoms with Crippen LogP contribution in [0.1, 0.15) is 18.3 Å². The zero-order valence-corrected chi connectivity index (χ0v) is 13.0. The highest BCUT2D eigenvalue weighted by Crippen LogP contribution is 2.28. The van der Waals surface area contributed by atoms with Crippen LogP contribution >= 0.6 is 0 Å². The number of amides is 2. The van der Waals surface area contributed by atoms with Crippen molar-refractivity contribution in [2.75, 3.05) is 19.6 Å². The third kappa shape index (κ3) is 5.42. The third-order valence-electron chi connectivity index (χ3n) is 3.12. The molecule has 0 aliphatic heterocycles. The summed E-state index contributed by atoms with van der Waals surface area (Å²) in [6.07, 6.45) is -3.38. The minimum atomic E-state index is -4.49. The second kappa shape index (κ2) is 7.80. The summed E-state index contributed by atoms with van der Waals surface area (Å²) in [6.45, 7) is 7.01. The van der Waals surface area contributed by atoms with Crippen molar-refractivity contribution in [2.45, 2.75) is 26.6 Å². The molecule has 9 heteroatoms. The van der Waals surface area contributed by atoms with E-state index in [9.17, 15) is 22.8 Å². The lowest BCUT2D eigenvalue weighted by Gasteiger charge is -2.18. The molecule has 0 radical (unpaired) electrons. The monoisotopic (exact) mass is 332 g/mol. The summed E-state index contributed by atoms with van der Waals surface area (Å²) in [6, 6.07) is 0.948. The standard InChI is InChI=1S/C14H19F3N4O2/c1-4-13(23)20(5-2)9-12(22)18-6-7-21-10(3)8-11(19-21)14(15,16)17/h4,8H,1,5-7,9H2,2-3H3,(H,18,22). The number of hydrogen-bond donors (Lipinski definition) is 1. The van der Waals surface area contributed by atoms with E-state index in [1.54, 1.807) is 6.92 Å². The van der Waals surface area contributed by atoms with Crippen LogP contribution in [0.3, 0.4) is 0 Å². The summed E-state index contributed by atoms with van der Waals surface area (Å²) in [5, 5.41) is 6.00. The van der Waals surface area contributed by atoms with Crippen molar-refractivity contribution >= 4 is 11.8 Å². The molecule has 1 heterocycles. The summed E-state index contributed by atoms with van der Waals surface area (Å²) in [7, 11) is 0. The van der Waals surface area contributed by atoms with Crippen LogP contribution in [0.5, 0.6) is 0 Å². The van der Waals surface area contributed by atoms with Gasteiger partial charge in [-0.2, -0.15) is 18.3 Å². The van der Waals surface area contributed by atoms with E-state index < -0.39 is 17.8 Å². The number of rotatable bonds is 7. The Labute approximate surface area is 131 Å². The van der Waals surface area contributed by atoms with Gasteiger partial charge in [0, 0.05) is 18.8 Å². The van der Waals surface area contributed by atoms with E-state index in [1.165, 1.54) is 16.5 Å². The third-order valence-corrected chi connectivity index (χ3v) is 3.12. The summed E-state index contributed by atoms with van der Waals surface area (Å²) in [5.41, 5.74) is -0.612. The molecular weight excluding hydrogens is 313 g/mol. The van der Waals surface area contributed by atoms with Gasteiger partial charge in [-0.1, -0.05) is 6.58 Å². The second-order valence-corrected chi connectivity index (χ2v) is 4.80. The highest BCUT2D eigenvalue weighted by atomic mass is 19.4. The van der Waals surface area contributed by atoms with E-state index in [4.69, 9.17) is 0 Å². The van der Waals surface area contributed by atoms with Crippen molar-refractivity contribution in [3.05, 3.63) is 30.1 Å². The molecule has 0 fully saturated rings. The second-order valence-electron chi connectivity index (χ2n) is 4.80. The lowest BCUT2D eigenvalue weighted by Crippen LogP contribution is -2.40. The van der Waals surface area contributed by atoms with Crippen molar-refractivity contribution in [3.63, 3.8) is 0 Å². The maximum atomic E-state index is 12.5. The minimum Gasteiger partial charge on any atom is -0.353 e. The Kier molecular flexibility index (Phi) is 6.35. The molecule has 0 spiro atoms. The molecule has 1 N–H and O–H groups in total. The Morgan fingerprint density at radius 2 is 2.13 bits per heavy atom. The van der Waals surface area contributed by atoms with Gasteiger partial charge in [0.05, 0.1) is 13.1 Å². The number of nitrogens with one attached hydrogen (secondary N) is 1. The summed E-state index contributed by atoms with van der Waals surface area (Å²) >= 11 is 0. The number of aryl methyl sites for hydroxylation is 1. The molecule has 6 nitrogen and oxygen atoms in total. The number of hydrogen-bond acceptors (Lipinski definition) is 3. The van der Waals surface area contributed by atoms with Crippen LogP contribution in [0.4, 0.5) is 13.2 Å². The van der Waals surface area contributed by atoms with Crippen LogP contribution in [0.15, 0.2) is 18.7 Å². The first kappa shape index (κ1) is 18.7. The van der Waals surface area contributed by atoms with Crippen LogP contribution in [0.25, 0.3) is 0 Å². The number of carbonyl (C=O) groups is 2. The maximum absolute atomic E-state index is 12.5. The number of likely N-dealkylation sites (N-methyl/N-ethyl adjacent to an activating group) is 1. The predicted octanol–water partition coefficient (Wildman–Crippen LogP) is 1.36. The van der Waals surface area contributed by atoms with Crippen LogP contribution in [0, 0.1) is 6.92 Å². The molecule has 0 saturated carbocycles. The number of carbonyl (C=O) groups excluding carboxylic acids is 2. The van der Waals surface area contributed by atoms with E-state index in [0.717, 1.165) is 12.1 Å². The van der Waals surface area contributed by atoms with Gasteiger partial charge in [-0.25, -0.2) is 0 Å². The molecular formula is C14H19F3N4O2. The Hall–Kier alpha value is -2.32. The van der Waals surface area contributed by atoms with E-state index >= 15 is 0 Å². The van der Waals surface area contributed by atoms with Crippen LogP contribution < -0.4 is 5.32 Å². The van der Waals surface area contributed by atoms with E-state index in [0.29, 0.717) is 12.2 Å². The molecule has 1 aromatic rings. The van der Waals surface area contributed by atoms with Gasteiger partial charge in [-0.3, -0.25) is 14.3 Å². The molecule has 128 valence electrons. The van der Waals surface area contributed by atoms with Crippen molar-refractivity contribution in [3.8, 4) is 0 Å². The fourth-order valence-corrected chi connectivity index (χ4v) is 1.88. The Morgan fingerprint density at radius 1 is 1.48 bits per heavy atom. The minimum absolute atomic E-state index is 0.106. The van der Waals surface area contributed by atoms with E-state index in [2.05, 4.69) is 17.0 Å². The Morgan fingerprint density at radius 3 is 2.61 bits per heavy atom. The summed E-state index contributed by atoms with van der Waals surface area (Å²) < 4.78 is 38.8. The molecule has 0 aliphatic rings. The SMILES string of the molecule is C=CC(=O)N(CC)CC(=O)NCCn1nc(C(F)(F)F)cc1C. The zero-order chi connectivity index (χ0) is 17.6. The van der Waals surface area contributed by atoms with Crippen LogP contribution in [0.2, 0.25) is 0 Å². The summed E-state index contributed by atoms with van der Waals surface area (Å²) in [5.74, 6) is -0.761. The van der Waals surface area contributed by atoms with Crippen molar-refractivity contribution < 1.29 is 22.8 Å². The topological polar surface area (TPSA) is 67.2 Å². The molecule has 0 atom stereocenters. The number of aromatic nitrogens is 2. The van der Waals surface area contributed by atoms with Gasteiger partial charge in [-0.15, -0.1) is 0 Å². The lowest BCUT2D eigenvalue weighted by atomic mass is 10.3. The average molecular weight is 332 g/mol. The van der Waals surface area contributed by atoms with Gasteiger partial charge in [0.2, 0.25) is 11.8 Å². The van der Waals surface area contributed by atoms with Gasteiger partial charge in [-0.05, 0) is 26.0 Å². The van der Waals surface area contributed by atoms with Crippen molar-refractivity contribution in [2.24, 2.45) is 0 Å². The Balaban J connectivity index is 2.51. The smallest absolute Gasteiger partial charge is 0.353 e. The van der Waals surface area contributed by atoms with Crippen LogP contribution in [-0.2, 0) is 22.3 Å². The summed E-state index contributed by atoms with van der Waals surface area (Å²) in [4.78, 5) is 24.4. The first-order valence-electron chi connectivity index (χ1n) is 6.98. The van der Waals surface area contributed by atoms with Crippen molar-refractivity contribution in [1.82, 2.24) is 20.0 Å². The largest absolute Gasteiger partial charge is 0.435 e. The molecule has 1 rings (SSSR count). The predicted molar refractivity (Wildman–Crippen MR) is 77.4 cm³/mol. The van der Waals surface area contributed by atoms with E-state index in [-0.39, 0.29) is 25.5 Å². The number of nitrogens with zero attached hydrogens (tertiary/aromatic N) is 3. The van der Waals surface area contributed by atoms with Crippen molar-refractivity contribution in [1.29, 1.82) is 0 Å². The molecule has 0 aromatic carbocycles.